The van der Waals surface area contributed by atoms with E-state index < -0.39 is 5.97 Å². The summed E-state index contributed by atoms with van der Waals surface area (Å²) in [5, 5.41) is 11.5. The number of aromatic nitrogens is 1. The number of hydrogen-bond acceptors (Lipinski definition) is 5. The lowest BCUT2D eigenvalue weighted by molar-refractivity contribution is 0.0695. The van der Waals surface area contributed by atoms with Gasteiger partial charge in [-0.2, -0.15) is 0 Å². The highest BCUT2D eigenvalue weighted by Gasteiger charge is 2.23. The molecule has 6 nitrogen and oxygen atoms in total. The molecule has 0 spiro atoms. The molecule has 1 amide bonds. The topological polar surface area (TPSA) is 79.7 Å². The highest BCUT2D eigenvalue weighted by atomic mass is 32.1. The number of carbonyl (C=O) groups excluding carboxylic acids is 1. The van der Waals surface area contributed by atoms with Crippen molar-refractivity contribution < 1.29 is 19.4 Å². The molecule has 126 valence electrons. The summed E-state index contributed by atoms with van der Waals surface area (Å²) < 4.78 is 5.59. The Balaban J connectivity index is 1.64. The Hall–Kier alpha value is -2.25. The summed E-state index contributed by atoms with van der Waals surface area (Å²) in [7, 11) is 1.71. The zero-order chi connectivity index (χ0) is 17.1. The average Bonchev–Trinajstić information content (AvgIpc) is 3.25. The Morgan fingerprint density at radius 3 is 2.75 bits per heavy atom. The molecule has 1 aromatic heterocycles. The SMILES string of the molecule is CN(Cc1ccc(C(=O)O)cc1)C(=O)c1csc(C2CCCO2)n1. The summed E-state index contributed by atoms with van der Waals surface area (Å²) >= 11 is 1.46. The second kappa shape index (κ2) is 7.11. The molecule has 1 aromatic carbocycles. The minimum Gasteiger partial charge on any atom is -0.478 e. The van der Waals surface area contributed by atoms with Gasteiger partial charge in [0, 0.05) is 25.6 Å². The number of aromatic carboxylic acids is 1. The van der Waals surface area contributed by atoms with Gasteiger partial charge in [0.15, 0.2) is 0 Å². The molecule has 1 aliphatic heterocycles. The fraction of sp³-hybridized carbons (Fsp3) is 0.353. The molecular formula is C17H18N2O4S. The average molecular weight is 346 g/mol. The van der Waals surface area contributed by atoms with Crippen LogP contribution >= 0.6 is 11.3 Å². The summed E-state index contributed by atoms with van der Waals surface area (Å²) in [6, 6.07) is 6.50. The lowest BCUT2D eigenvalue weighted by Crippen LogP contribution is -2.26. The second-order valence-corrected chi connectivity index (χ2v) is 6.63. The van der Waals surface area contributed by atoms with Gasteiger partial charge >= 0.3 is 5.97 Å². The van der Waals surface area contributed by atoms with E-state index in [1.54, 1.807) is 29.5 Å². The van der Waals surface area contributed by atoms with Gasteiger partial charge in [-0.05, 0) is 30.5 Å². The van der Waals surface area contributed by atoms with Crippen LogP contribution in [0.1, 0.15) is 50.4 Å². The second-order valence-electron chi connectivity index (χ2n) is 5.74. The first-order valence-electron chi connectivity index (χ1n) is 7.69. The van der Waals surface area contributed by atoms with Gasteiger partial charge in [-0.3, -0.25) is 4.79 Å². The number of thiazole rings is 1. The van der Waals surface area contributed by atoms with Crippen molar-refractivity contribution in [2.75, 3.05) is 13.7 Å². The summed E-state index contributed by atoms with van der Waals surface area (Å²) in [4.78, 5) is 29.3. The molecule has 2 heterocycles. The maximum absolute atomic E-state index is 12.5. The van der Waals surface area contributed by atoms with Crippen LogP contribution < -0.4 is 0 Å². The van der Waals surface area contributed by atoms with Crippen LogP contribution in [-0.4, -0.2) is 40.5 Å². The largest absolute Gasteiger partial charge is 0.478 e. The number of carbonyl (C=O) groups is 2. The molecule has 0 aliphatic carbocycles. The van der Waals surface area contributed by atoms with Crippen LogP contribution in [0.2, 0.25) is 0 Å². The molecule has 1 saturated heterocycles. The van der Waals surface area contributed by atoms with E-state index in [4.69, 9.17) is 9.84 Å². The van der Waals surface area contributed by atoms with E-state index >= 15 is 0 Å². The molecule has 1 unspecified atom stereocenters. The fourth-order valence-corrected chi connectivity index (χ4v) is 3.47. The van der Waals surface area contributed by atoms with Crippen LogP contribution in [-0.2, 0) is 11.3 Å². The number of ether oxygens (including phenoxy) is 1. The number of carboxylic acids is 1. The predicted octanol–water partition coefficient (Wildman–Crippen LogP) is 2.97. The third-order valence-corrected chi connectivity index (χ3v) is 4.85. The van der Waals surface area contributed by atoms with Crippen LogP contribution in [0.3, 0.4) is 0 Å². The monoisotopic (exact) mass is 346 g/mol. The van der Waals surface area contributed by atoms with E-state index in [1.165, 1.54) is 23.5 Å². The van der Waals surface area contributed by atoms with Crippen LogP contribution in [0.4, 0.5) is 0 Å². The number of amides is 1. The molecule has 3 rings (SSSR count). The molecule has 7 heteroatoms. The van der Waals surface area contributed by atoms with Crippen LogP contribution in [0, 0.1) is 0 Å². The van der Waals surface area contributed by atoms with Crippen molar-refractivity contribution in [3.05, 3.63) is 51.5 Å². The van der Waals surface area contributed by atoms with Crippen molar-refractivity contribution in [3.63, 3.8) is 0 Å². The lowest BCUT2D eigenvalue weighted by Gasteiger charge is -2.16. The summed E-state index contributed by atoms with van der Waals surface area (Å²) in [5.41, 5.74) is 1.52. The van der Waals surface area contributed by atoms with E-state index in [2.05, 4.69) is 4.98 Å². The van der Waals surface area contributed by atoms with Gasteiger partial charge in [-0.15, -0.1) is 11.3 Å². The molecule has 1 atom stereocenters. The van der Waals surface area contributed by atoms with Crippen LogP contribution in [0.25, 0.3) is 0 Å². The van der Waals surface area contributed by atoms with Crippen molar-refractivity contribution in [2.45, 2.75) is 25.5 Å². The van der Waals surface area contributed by atoms with Crippen molar-refractivity contribution >= 4 is 23.2 Å². The number of carboxylic acid groups (broad SMARTS) is 1. The van der Waals surface area contributed by atoms with E-state index in [-0.39, 0.29) is 17.6 Å². The molecule has 24 heavy (non-hydrogen) atoms. The van der Waals surface area contributed by atoms with Gasteiger partial charge < -0.3 is 14.7 Å². The van der Waals surface area contributed by atoms with Crippen molar-refractivity contribution in [3.8, 4) is 0 Å². The quantitative estimate of drug-likeness (QED) is 0.900. The highest BCUT2D eigenvalue weighted by molar-refractivity contribution is 7.09. The van der Waals surface area contributed by atoms with Gasteiger partial charge in [0.25, 0.3) is 5.91 Å². The van der Waals surface area contributed by atoms with Gasteiger partial charge in [0.2, 0.25) is 0 Å². The number of nitrogens with zero attached hydrogens (tertiary/aromatic N) is 2. The lowest BCUT2D eigenvalue weighted by atomic mass is 10.1. The molecule has 0 radical (unpaired) electrons. The van der Waals surface area contributed by atoms with E-state index in [0.717, 1.165) is 30.0 Å². The Labute approximate surface area is 143 Å². The third kappa shape index (κ3) is 3.63. The number of benzene rings is 1. The third-order valence-electron chi connectivity index (χ3n) is 3.91. The molecule has 1 N–H and O–H groups in total. The first kappa shape index (κ1) is 16.6. The van der Waals surface area contributed by atoms with E-state index in [0.29, 0.717) is 12.2 Å². The van der Waals surface area contributed by atoms with Gasteiger partial charge in [-0.25, -0.2) is 9.78 Å². The first-order valence-corrected chi connectivity index (χ1v) is 8.57. The minimum atomic E-state index is -0.963. The molecule has 1 fully saturated rings. The van der Waals surface area contributed by atoms with Crippen molar-refractivity contribution in [1.29, 1.82) is 0 Å². The Bertz CT molecular complexity index is 735. The van der Waals surface area contributed by atoms with Gasteiger partial charge in [0.05, 0.1) is 5.56 Å². The molecular weight excluding hydrogens is 328 g/mol. The first-order chi connectivity index (χ1) is 11.5. The molecule has 0 saturated carbocycles. The van der Waals surface area contributed by atoms with E-state index in [1.807, 2.05) is 0 Å². The maximum Gasteiger partial charge on any atom is 0.335 e. The normalized spacial score (nSPS) is 17.0. The Morgan fingerprint density at radius 2 is 2.12 bits per heavy atom. The van der Waals surface area contributed by atoms with E-state index in [9.17, 15) is 9.59 Å². The smallest absolute Gasteiger partial charge is 0.335 e. The van der Waals surface area contributed by atoms with Crippen molar-refractivity contribution in [2.24, 2.45) is 0 Å². The van der Waals surface area contributed by atoms with Crippen LogP contribution in [0.15, 0.2) is 29.6 Å². The fourth-order valence-electron chi connectivity index (χ4n) is 2.60. The molecule has 0 bridgehead atoms. The summed E-state index contributed by atoms with van der Waals surface area (Å²) in [6.07, 6.45) is 2.00. The summed E-state index contributed by atoms with van der Waals surface area (Å²) in [6.45, 7) is 1.14. The van der Waals surface area contributed by atoms with Gasteiger partial charge in [-0.1, -0.05) is 12.1 Å². The molecule has 1 aliphatic rings. The number of hydrogen-bond donors (Lipinski definition) is 1. The predicted molar refractivity (Wildman–Crippen MR) is 89.2 cm³/mol. The van der Waals surface area contributed by atoms with Crippen LogP contribution in [0.5, 0.6) is 0 Å². The zero-order valence-corrected chi connectivity index (χ0v) is 14.1. The Kier molecular flexibility index (Phi) is 4.92. The Morgan fingerprint density at radius 1 is 1.38 bits per heavy atom. The number of rotatable bonds is 5. The highest BCUT2D eigenvalue weighted by Crippen LogP contribution is 2.30. The standard InChI is InChI=1S/C17H18N2O4S/c1-19(9-11-4-6-12(7-5-11)17(21)22)16(20)13-10-24-15(18-13)14-3-2-8-23-14/h4-7,10,14H,2-3,8-9H2,1H3,(H,21,22). The minimum absolute atomic E-state index is 0.0189. The van der Waals surface area contributed by atoms with Gasteiger partial charge in [0.1, 0.15) is 16.8 Å². The van der Waals surface area contributed by atoms with Crippen molar-refractivity contribution in [1.82, 2.24) is 9.88 Å². The summed E-state index contributed by atoms with van der Waals surface area (Å²) in [5.74, 6) is -1.12. The molecule has 2 aromatic rings. The maximum atomic E-state index is 12.5. The zero-order valence-electron chi connectivity index (χ0n) is 13.3.